The Labute approximate surface area is 195 Å². The summed E-state index contributed by atoms with van der Waals surface area (Å²) in [6, 6.07) is 13.6. The van der Waals surface area contributed by atoms with Gasteiger partial charge < -0.3 is 10.1 Å². The van der Waals surface area contributed by atoms with E-state index in [9.17, 15) is 9.59 Å². The first-order valence-corrected chi connectivity index (χ1v) is 10.8. The van der Waals surface area contributed by atoms with Gasteiger partial charge in [-0.25, -0.2) is 0 Å². The number of methoxy groups -OCH3 is 1. The normalized spacial score (nSPS) is 12.1. The molecule has 0 bridgehead atoms. The van der Waals surface area contributed by atoms with Gasteiger partial charge in [0.2, 0.25) is 0 Å². The van der Waals surface area contributed by atoms with Crippen LogP contribution in [0.2, 0.25) is 5.02 Å². The van der Waals surface area contributed by atoms with Crippen LogP contribution in [-0.2, 0) is 9.59 Å². The monoisotopic (exact) mass is 451 g/mol. The molecular weight excluding hydrogens is 422 g/mol. The number of halogens is 1. The molecule has 0 atom stereocenters. The number of nitrogens with one attached hydrogen (secondary N) is 1. The Morgan fingerprint density at radius 3 is 2.31 bits per heavy atom. The molecule has 0 unspecified atom stereocenters. The summed E-state index contributed by atoms with van der Waals surface area (Å²) in [7, 11) is 1.63. The molecule has 0 amide bonds. The van der Waals surface area contributed by atoms with Crippen LogP contribution in [-0.4, -0.2) is 25.2 Å². The Morgan fingerprint density at radius 1 is 1.06 bits per heavy atom. The molecule has 2 aromatic rings. The molecule has 0 saturated carbocycles. The fourth-order valence-corrected chi connectivity index (χ4v) is 3.38. The summed E-state index contributed by atoms with van der Waals surface area (Å²) in [5, 5.41) is 3.90. The van der Waals surface area contributed by atoms with E-state index in [2.05, 4.69) is 11.9 Å². The van der Waals surface area contributed by atoms with Gasteiger partial charge in [-0.2, -0.15) is 0 Å². The van der Waals surface area contributed by atoms with Crippen LogP contribution in [0, 0.1) is 6.92 Å². The summed E-state index contributed by atoms with van der Waals surface area (Å²) in [5.41, 5.74) is 5.61. The minimum absolute atomic E-state index is 0.0527. The van der Waals surface area contributed by atoms with Crippen molar-refractivity contribution < 1.29 is 14.3 Å². The van der Waals surface area contributed by atoms with Crippen molar-refractivity contribution in [1.29, 1.82) is 0 Å². The van der Waals surface area contributed by atoms with Gasteiger partial charge in [0.05, 0.1) is 7.11 Å². The zero-order valence-corrected chi connectivity index (χ0v) is 20.1. The van der Waals surface area contributed by atoms with E-state index in [1.165, 1.54) is 6.92 Å². The third-order valence-corrected chi connectivity index (χ3v) is 5.90. The van der Waals surface area contributed by atoms with Crippen LogP contribution in [0.3, 0.4) is 0 Å². The first-order chi connectivity index (χ1) is 15.1. The predicted octanol–water partition coefficient (Wildman–Crippen LogP) is 6.08. The lowest BCUT2D eigenvalue weighted by Crippen LogP contribution is -2.18. The zero-order valence-electron chi connectivity index (χ0n) is 19.3. The average molecular weight is 452 g/mol. The molecule has 0 radical (unpaired) electrons. The molecule has 0 heterocycles. The van der Waals surface area contributed by atoms with Gasteiger partial charge in [0.1, 0.15) is 5.75 Å². The van der Waals surface area contributed by atoms with Crippen LogP contribution in [0.5, 0.6) is 5.75 Å². The topological polar surface area (TPSA) is 55.4 Å². The summed E-state index contributed by atoms with van der Waals surface area (Å²) in [6.07, 6.45) is 2.23. The number of allylic oxidation sites excluding steroid dienone is 3. The van der Waals surface area contributed by atoms with Crippen LogP contribution in [0.1, 0.15) is 43.9 Å². The number of rotatable bonds is 10. The van der Waals surface area contributed by atoms with Gasteiger partial charge in [0.25, 0.3) is 0 Å². The van der Waals surface area contributed by atoms with Gasteiger partial charge in [0.15, 0.2) is 11.6 Å². The quantitative estimate of drug-likeness (QED) is 0.351. The molecule has 5 heteroatoms. The lowest BCUT2D eigenvalue weighted by Gasteiger charge is -2.15. The Morgan fingerprint density at radius 2 is 1.72 bits per heavy atom. The van der Waals surface area contributed by atoms with E-state index < -0.39 is 0 Å². The van der Waals surface area contributed by atoms with E-state index in [0.717, 1.165) is 28.0 Å². The summed E-state index contributed by atoms with van der Waals surface area (Å²) < 4.78 is 5.28. The van der Waals surface area contributed by atoms with Crippen LogP contribution >= 0.6 is 11.6 Å². The fourth-order valence-electron chi connectivity index (χ4n) is 3.21. The SMILES string of the molecule is C=C(/C=C(/c1ccc(OC)cc1)c1cccc(Cl)c1C)NCCC(=O)/C(C)=C(/C)C(C)=O. The molecule has 0 spiro atoms. The van der Waals surface area contributed by atoms with Crippen LogP contribution in [0.25, 0.3) is 5.57 Å². The number of benzene rings is 2. The lowest BCUT2D eigenvalue weighted by atomic mass is 9.93. The highest BCUT2D eigenvalue weighted by Gasteiger charge is 2.13. The summed E-state index contributed by atoms with van der Waals surface area (Å²) in [4.78, 5) is 23.8. The molecule has 0 aliphatic heterocycles. The van der Waals surface area contributed by atoms with E-state index in [4.69, 9.17) is 16.3 Å². The standard InChI is InChI=1S/C27H30ClNO3/c1-17(29-15-14-27(31)19(3)18(2)21(5)30)16-25(22-10-12-23(32-6)13-11-22)24-8-7-9-26(28)20(24)4/h7-13,16,29H,1,14-15H2,2-6H3/b19-18-,25-16-. The van der Waals surface area contributed by atoms with Gasteiger partial charge in [-0.05, 0) is 85.4 Å². The van der Waals surface area contributed by atoms with Gasteiger partial charge in [-0.3, -0.25) is 9.59 Å². The molecule has 1 N–H and O–H groups in total. The summed E-state index contributed by atoms with van der Waals surface area (Å²) in [5.74, 6) is 0.635. The number of Topliss-reactive ketones (excluding diaryl/α,β-unsaturated/α-hetero) is 2. The molecule has 2 aromatic carbocycles. The van der Waals surface area contributed by atoms with E-state index in [-0.39, 0.29) is 18.0 Å². The van der Waals surface area contributed by atoms with E-state index >= 15 is 0 Å². The van der Waals surface area contributed by atoms with Crippen LogP contribution in [0.4, 0.5) is 0 Å². The second-order valence-electron chi connectivity index (χ2n) is 7.63. The van der Waals surface area contributed by atoms with Crippen molar-refractivity contribution in [2.75, 3.05) is 13.7 Å². The van der Waals surface area contributed by atoms with Crippen molar-refractivity contribution in [3.8, 4) is 5.75 Å². The third kappa shape index (κ3) is 6.44. The van der Waals surface area contributed by atoms with Gasteiger partial charge in [-0.15, -0.1) is 0 Å². The van der Waals surface area contributed by atoms with Gasteiger partial charge >= 0.3 is 0 Å². The van der Waals surface area contributed by atoms with Crippen molar-refractivity contribution in [3.63, 3.8) is 0 Å². The Kier molecular flexibility index (Phi) is 9.03. The van der Waals surface area contributed by atoms with Crippen molar-refractivity contribution in [2.24, 2.45) is 0 Å². The maximum absolute atomic E-state index is 12.4. The van der Waals surface area contributed by atoms with E-state index in [1.807, 2.05) is 55.5 Å². The van der Waals surface area contributed by atoms with Crippen LogP contribution in [0.15, 0.2) is 72.0 Å². The third-order valence-electron chi connectivity index (χ3n) is 5.49. The Bertz CT molecular complexity index is 1080. The van der Waals surface area contributed by atoms with Gasteiger partial charge in [0, 0.05) is 23.7 Å². The highest BCUT2D eigenvalue weighted by atomic mass is 35.5. The molecular formula is C27H30ClNO3. The second-order valence-corrected chi connectivity index (χ2v) is 8.04. The zero-order chi connectivity index (χ0) is 23.8. The average Bonchev–Trinajstić information content (AvgIpc) is 2.78. The Hall–Kier alpha value is -3.11. The maximum Gasteiger partial charge on any atom is 0.160 e. The second kappa shape index (κ2) is 11.5. The molecule has 0 aliphatic carbocycles. The smallest absolute Gasteiger partial charge is 0.160 e. The number of hydrogen-bond acceptors (Lipinski definition) is 4. The number of ketones is 2. The number of ether oxygens (including phenoxy) is 1. The highest BCUT2D eigenvalue weighted by Crippen LogP contribution is 2.31. The molecule has 0 aromatic heterocycles. The molecule has 4 nitrogen and oxygen atoms in total. The highest BCUT2D eigenvalue weighted by molar-refractivity contribution is 6.31. The number of hydrogen-bond donors (Lipinski definition) is 1. The first kappa shape index (κ1) is 25.2. The van der Waals surface area contributed by atoms with E-state index in [0.29, 0.717) is 28.4 Å². The van der Waals surface area contributed by atoms with Crippen molar-refractivity contribution in [3.05, 3.63) is 93.7 Å². The molecule has 0 fully saturated rings. The first-order valence-electron chi connectivity index (χ1n) is 10.4. The summed E-state index contributed by atoms with van der Waals surface area (Å²) >= 11 is 6.37. The molecule has 168 valence electrons. The lowest BCUT2D eigenvalue weighted by molar-refractivity contribution is -0.117. The van der Waals surface area contributed by atoms with E-state index in [1.54, 1.807) is 21.0 Å². The minimum atomic E-state index is -0.0859. The molecule has 0 saturated heterocycles. The number of carbonyl (C=O) groups excluding carboxylic acids is 2. The maximum atomic E-state index is 12.4. The summed E-state index contributed by atoms with van der Waals surface area (Å²) in [6.45, 7) is 11.4. The minimum Gasteiger partial charge on any atom is -0.497 e. The Balaban J connectivity index is 2.25. The fraction of sp³-hybridized carbons (Fsp3) is 0.259. The van der Waals surface area contributed by atoms with Crippen molar-refractivity contribution in [2.45, 2.75) is 34.1 Å². The van der Waals surface area contributed by atoms with Crippen molar-refractivity contribution >= 4 is 28.7 Å². The number of carbonyl (C=O) groups is 2. The molecule has 2 rings (SSSR count). The largest absolute Gasteiger partial charge is 0.497 e. The predicted molar refractivity (Wildman–Crippen MR) is 132 cm³/mol. The van der Waals surface area contributed by atoms with Crippen LogP contribution < -0.4 is 10.1 Å². The molecule has 0 aliphatic rings. The molecule has 32 heavy (non-hydrogen) atoms. The van der Waals surface area contributed by atoms with Crippen molar-refractivity contribution in [1.82, 2.24) is 5.32 Å². The van der Waals surface area contributed by atoms with Gasteiger partial charge in [-0.1, -0.05) is 42.4 Å².